The van der Waals surface area contributed by atoms with Crippen molar-refractivity contribution in [3.05, 3.63) is 121 Å². The Kier molecular flexibility index (Phi) is 10.7. The quantitative estimate of drug-likeness (QED) is 0.343. The Hall–Kier alpha value is -2.40. The minimum Gasteiger partial charge on any atom is -0.197 e. The Labute approximate surface area is 180 Å². The van der Waals surface area contributed by atoms with Gasteiger partial charge >= 0.3 is 0 Å². The molecule has 4 aromatic rings. The first-order chi connectivity index (χ1) is 13.9. The van der Waals surface area contributed by atoms with Gasteiger partial charge in [-0.05, 0) is 48.5 Å². The molecule has 4 rings (SSSR count). The second kappa shape index (κ2) is 13.7. The van der Waals surface area contributed by atoms with Gasteiger partial charge in [-0.15, -0.1) is 0 Å². The summed E-state index contributed by atoms with van der Waals surface area (Å²) < 4.78 is 7.83. The first-order valence-corrected chi connectivity index (χ1v) is 10.6. The predicted octanol–water partition coefficient (Wildman–Crippen LogP) is 7.34. The molecule has 0 saturated carbocycles. The van der Waals surface area contributed by atoms with Crippen LogP contribution in [0.3, 0.4) is 0 Å². The Bertz CT molecular complexity index is 734. The minimum absolute atomic E-state index is 1.29. The molecule has 0 saturated heterocycles. The van der Waals surface area contributed by atoms with Gasteiger partial charge in [-0.25, -0.2) is 0 Å². The van der Waals surface area contributed by atoms with E-state index in [0.717, 1.165) is 0 Å². The minimum atomic E-state index is 1.29. The van der Waals surface area contributed by atoms with Crippen LogP contribution in [0.25, 0.3) is 0 Å². The van der Waals surface area contributed by atoms with Gasteiger partial charge in [0, 0.05) is 19.6 Å². The van der Waals surface area contributed by atoms with Crippen LogP contribution in [-0.2, 0) is 12.5 Å². The highest BCUT2D eigenvalue weighted by Crippen LogP contribution is 2.27. The van der Waals surface area contributed by atoms with Gasteiger partial charge in [0.25, 0.3) is 0 Å². The van der Waals surface area contributed by atoms with E-state index < -0.39 is 0 Å². The third kappa shape index (κ3) is 8.53. The van der Waals surface area contributed by atoms with Crippen molar-refractivity contribution in [3.8, 4) is 0 Å². The van der Waals surface area contributed by atoms with Gasteiger partial charge < -0.3 is 0 Å². The fourth-order valence-corrected chi connectivity index (χ4v) is 3.94. The highest BCUT2D eigenvalue weighted by atomic mass is 32.2. The van der Waals surface area contributed by atoms with Crippen molar-refractivity contribution in [2.75, 3.05) is 0 Å². The Balaban J connectivity index is 0.000000184. The zero-order chi connectivity index (χ0) is 19.9. The van der Waals surface area contributed by atoms with Crippen LogP contribution in [0, 0.1) is 0 Å². The van der Waals surface area contributed by atoms with E-state index in [1.807, 2.05) is 24.3 Å². The third-order valence-electron chi connectivity index (χ3n) is 3.44. The van der Waals surface area contributed by atoms with E-state index in [1.54, 1.807) is 23.5 Å². The molecule has 0 amide bonds. The van der Waals surface area contributed by atoms with Crippen molar-refractivity contribution in [1.29, 1.82) is 0 Å². The normalized spacial score (nSPS) is 9.29. The summed E-state index contributed by atoms with van der Waals surface area (Å²) in [6, 6.07) is 41.6. The van der Waals surface area contributed by atoms with Gasteiger partial charge in [0.05, 0.1) is 0 Å². The van der Waals surface area contributed by atoms with Crippen LogP contribution in [-0.4, -0.2) is 4.21 Å². The summed E-state index contributed by atoms with van der Waals surface area (Å²) in [6.07, 6.45) is 0. The molecule has 0 unspecified atom stereocenters. The summed E-state index contributed by atoms with van der Waals surface area (Å²) in [6.45, 7) is 0. The van der Waals surface area contributed by atoms with E-state index in [9.17, 15) is 0 Å². The van der Waals surface area contributed by atoms with E-state index in [2.05, 4.69) is 110 Å². The fraction of sp³-hybridized carbons (Fsp3) is 0. The largest absolute Gasteiger partial charge is 0.197 e. The van der Waals surface area contributed by atoms with E-state index in [4.69, 9.17) is 4.21 Å². The highest BCUT2D eigenvalue weighted by Gasteiger charge is 1.94. The van der Waals surface area contributed by atoms with Crippen molar-refractivity contribution in [2.24, 2.45) is 0 Å². The number of hydrogen-bond acceptors (Lipinski definition) is 4. The fourth-order valence-electron chi connectivity index (χ4n) is 2.23. The highest BCUT2D eigenvalue weighted by molar-refractivity contribution is 7.99. The lowest BCUT2D eigenvalue weighted by Crippen LogP contribution is -1.70. The standard InChI is InChI=1S/2C12H10S.OS/c2*1-3-7-11(8-4-1)13-12-9-5-2-6-10-12;1-2/h2*1-10H;. The van der Waals surface area contributed by atoms with E-state index >= 15 is 0 Å². The summed E-state index contributed by atoms with van der Waals surface area (Å²) in [5.74, 6) is 0. The molecule has 4 heteroatoms. The van der Waals surface area contributed by atoms with Crippen LogP contribution >= 0.6 is 23.5 Å². The van der Waals surface area contributed by atoms with Gasteiger partial charge in [-0.2, -0.15) is 4.21 Å². The molecule has 0 aliphatic heterocycles. The van der Waals surface area contributed by atoms with Crippen LogP contribution in [0.4, 0.5) is 0 Å². The Morgan fingerprint density at radius 1 is 0.357 bits per heavy atom. The monoisotopic (exact) mass is 420 g/mol. The molecule has 0 radical (unpaired) electrons. The lowest BCUT2D eigenvalue weighted by Gasteiger charge is -1.99. The summed E-state index contributed by atoms with van der Waals surface area (Å²) >= 11 is 6.41. The smallest absolute Gasteiger partial charge is 0.197 e. The topological polar surface area (TPSA) is 17.1 Å². The molecule has 0 atom stereocenters. The molecule has 28 heavy (non-hydrogen) atoms. The van der Waals surface area contributed by atoms with Gasteiger partial charge in [0.1, 0.15) is 0 Å². The van der Waals surface area contributed by atoms with Crippen LogP contribution in [0.15, 0.2) is 141 Å². The molecule has 0 aliphatic carbocycles. The molecule has 0 bridgehead atoms. The van der Waals surface area contributed by atoms with E-state index in [-0.39, 0.29) is 0 Å². The van der Waals surface area contributed by atoms with Gasteiger partial charge in [0.2, 0.25) is 0 Å². The second-order valence-electron chi connectivity index (χ2n) is 5.46. The van der Waals surface area contributed by atoms with Crippen LogP contribution in [0.5, 0.6) is 0 Å². The van der Waals surface area contributed by atoms with Crippen molar-refractivity contribution >= 4 is 36.1 Å². The van der Waals surface area contributed by atoms with Gasteiger partial charge in [-0.3, -0.25) is 0 Å². The zero-order valence-corrected chi connectivity index (χ0v) is 17.6. The van der Waals surface area contributed by atoms with Crippen LogP contribution in [0.1, 0.15) is 0 Å². The molecule has 0 N–H and O–H groups in total. The lowest BCUT2D eigenvalue weighted by molar-refractivity contribution is 0.702. The van der Waals surface area contributed by atoms with E-state index in [1.165, 1.54) is 19.6 Å². The lowest BCUT2D eigenvalue weighted by atomic mass is 10.4. The molecule has 0 spiro atoms. The molecule has 4 aromatic carbocycles. The van der Waals surface area contributed by atoms with E-state index in [0.29, 0.717) is 0 Å². The average molecular weight is 421 g/mol. The average Bonchev–Trinajstić information content (AvgIpc) is 2.79. The maximum Gasteiger partial charge on any atom is 0.197 e. The number of hydrogen-bond donors (Lipinski definition) is 0. The molecule has 0 aromatic heterocycles. The number of rotatable bonds is 4. The molecule has 0 fully saturated rings. The summed E-state index contributed by atoms with van der Waals surface area (Å²) in [4.78, 5) is 5.14. The van der Waals surface area contributed by atoms with Crippen molar-refractivity contribution < 1.29 is 4.21 Å². The summed E-state index contributed by atoms with van der Waals surface area (Å²) in [7, 11) is 0. The molecular formula is C24H20OS3. The summed E-state index contributed by atoms with van der Waals surface area (Å²) in [5.41, 5.74) is 0. The zero-order valence-electron chi connectivity index (χ0n) is 15.2. The van der Waals surface area contributed by atoms with Crippen molar-refractivity contribution in [2.45, 2.75) is 19.6 Å². The maximum atomic E-state index is 7.83. The molecule has 0 aliphatic rings. The second-order valence-corrected chi connectivity index (χ2v) is 7.75. The molecular weight excluding hydrogens is 400 g/mol. The Morgan fingerprint density at radius 2 is 0.536 bits per heavy atom. The van der Waals surface area contributed by atoms with Crippen LogP contribution < -0.4 is 0 Å². The first-order valence-electron chi connectivity index (χ1n) is 8.63. The Morgan fingerprint density at radius 3 is 0.714 bits per heavy atom. The van der Waals surface area contributed by atoms with Crippen molar-refractivity contribution in [1.82, 2.24) is 0 Å². The molecule has 140 valence electrons. The predicted molar refractivity (Wildman–Crippen MR) is 122 cm³/mol. The number of benzene rings is 4. The third-order valence-corrected chi connectivity index (χ3v) is 5.48. The van der Waals surface area contributed by atoms with Gasteiger partial charge in [0.15, 0.2) is 12.5 Å². The van der Waals surface area contributed by atoms with Gasteiger partial charge in [-0.1, -0.05) is 96.3 Å². The van der Waals surface area contributed by atoms with Crippen molar-refractivity contribution in [3.63, 3.8) is 0 Å². The van der Waals surface area contributed by atoms with Crippen LogP contribution in [0.2, 0.25) is 0 Å². The molecule has 1 nitrogen and oxygen atoms in total. The first kappa shape index (κ1) is 21.9. The summed E-state index contributed by atoms with van der Waals surface area (Å²) in [5, 5.41) is 0. The molecule has 0 heterocycles. The maximum absolute atomic E-state index is 7.83. The SMILES string of the molecule is O=S.c1ccc(Sc2ccccc2)cc1.c1ccc(Sc2ccccc2)cc1.